The third-order valence-corrected chi connectivity index (χ3v) is 4.48. The molecule has 0 spiro atoms. The molecule has 1 aromatic rings. The lowest BCUT2D eigenvalue weighted by atomic mass is 9.68. The Balaban J connectivity index is 2.17. The smallest absolute Gasteiger partial charge is 0.172 e. The first kappa shape index (κ1) is 13.5. The van der Waals surface area contributed by atoms with E-state index in [9.17, 15) is 9.50 Å². The molecule has 0 unspecified atom stereocenters. The lowest BCUT2D eigenvalue weighted by Gasteiger charge is -2.39. The zero-order valence-electron chi connectivity index (χ0n) is 11.5. The van der Waals surface area contributed by atoms with E-state index in [0.29, 0.717) is 36.8 Å². The number of benzene rings is 1. The highest BCUT2D eigenvalue weighted by Gasteiger charge is 2.40. The number of hydrogen-bond donors (Lipinski definition) is 2. The van der Waals surface area contributed by atoms with Crippen LogP contribution >= 0.6 is 0 Å². The normalized spacial score (nSPS) is 20.7. The highest BCUT2D eigenvalue weighted by molar-refractivity contribution is 5.56. The molecule has 3 N–H and O–H groups in total. The van der Waals surface area contributed by atoms with E-state index in [4.69, 9.17) is 15.2 Å². The van der Waals surface area contributed by atoms with Crippen molar-refractivity contribution >= 4 is 0 Å². The molecule has 0 aromatic heterocycles. The number of nitrogens with two attached hydrogens (primary N) is 1. The number of ether oxygens (including phenoxy) is 2. The lowest BCUT2D eigenvalue weighted by Crippen LogP contribution is -2.39. The molecule has 1 aliphatic heterocycles. The van der Waals surface area contributed by atoms with Crippen LogP contribution in [0.2, 0.25) is 0 Å². The van der Waals surface area contributed by atoms with Crippen molar-refractivity contribution in [3.8, 4) is 17.2 Å². The SMILES string of the molecule is NCC1(c2c(F)c(O)cc3c2OCCO3)CCCCC1. The van der Waals surface area contributed by atoms with Crippen molar-refractivity contribution < 1.29 is 19.0 Å². The quantitative estimate of drug-likeness (QED) is 0.874. The van der Waals surface area contributed by atoms with Gasteiger partial charge in [0.25, 0.3) is 0 Å². The Hall–Kier alpha value is -1.49. The summed E-state index contributed by atoms with van der Waals surface area (Å²) in [4.78, 5) is 0. The van der Waals surface area contributed by atoms with E-state index in [1.807, 2.05) is 0 Å². The standard InChI is InChI=1S/C15H20FNO3/c16-13-10(18)8-11-14(20-7-6-19-11)12(13)15(9-17)4-2-1-3-5-15/h8,18H,1-7,9,17H2. The fraction of sp³-hybridized carbons (Fsp3) is 0.600. The van der Waals surface area contributed by atoms with E-state index in [1.54, 1.807) is 0 Å². The van der Waals surface area contributed by atoms with Gasteiger partial charge in [0, 0.05) is 23.6 Å². The van der Waals surface area contributed by atoms with E-state index in [0.717, 1.165) is 32.1 Å². The van der Waals surface area contributed by atoms with Gasteiger partial charge < -0.3 is 20.3 Å². The van der Waals surface area contributed by atoms with Gasteiger partial charge in [-0.25, -0.2) is 4.39 Å². The molecule has 5 heteroatoms. The number of rotatable bonds is 2. The molecule has 1 saturated carbocycles. The Morgan fingerprint density at radius 3 is 2.60 bits per heavy atom. The number of aromatic hydroxyl groups is 1. The van der Waals surface area contributed by atoms with E-state index < -0.39 is 11.2 Å². The van der Waals surface area contributed by atoms with E-state index >= 15 is 0 Å². The van der Waals surface area contributed by atoms with Crippen molar-refractivity contribution in [3.05, 3.63) is 17.4 Å². The van der Waals surface area contributed by atoms with E-state index in [1.165, 1.54) is 6.07 Å². The van der Waals surface area contributed by atoms with Crippen molar-refractivity contribution in [3.63, 3.8) is 0 Å². The third kappa shape index (κ3) is 2.00. The maximum absolute atomic E-state index is 14.6. The first-order valence-corrected chi connectivity index (χ1v) is 7.19. The van der Waals surface area contributed by atoms with Gasteiger partial charge in [0.05, 0.1) is 0 Å². The van der Waals surface area contributed by atoms with Gasteiger partial charge in [-0.1, -0.05) is 19.3 Å². The molecule has 20 heavy (non-hydrogen) atoms. The van der Waals surface area contributed by atoms with Crippen LogP contribution in [0.3, 0.4) is 0 Å². The minimum atomic E-state index is -0.610. The molecule has 3 rings (SSSR count). The van der Waals surface area contributed by atoms with Gasteiger partial charge >= 0.3 is 0 Å². The summed E-state index contributed by atoms with van der Waals surface area (Å²) in [5, 5.41) is 9.85. The molecule has 1 fully saturated rings. The maximum Gasteiger partial charge on any atom is 0.172 e. The summed E-state index contributed by atoms with van der Waals surface area (Å²) >= 11 is 0. The highest BCUT2D eigenvalue weighted by atomic mass is 19.1. The van der Waals surface area contributed by atoms with Crippen molar-refractivity contribution in [1.29, 1.82) is 0 Å². The summed E-state index contributed by atoms with van der Waals surface area (Å²) in [5.41, 5.74) is 5.94. The topological polar surface area (TPSA) is 64.7 Å². The average Bonchev–Trinajstić information content (AvgIpc) is 2.49. The molecule has 0 amide bonds. The highest BCUT2D eigenvalue weighted by Crippen LogP contribution is 2.50. The maximum atomic E-state index is 14.6. The van der Waals surface area contributed by atoms with Gasteiger partial charge in [0.2, 0.25) is 0 Å². The van der Waals surface area contributed by atoms with Crippen LogP contribution in [-0.2, 0) is 5.41 Å². The first-order chi connectivity index (χ1) is 9.68. The summed E-state index contributed by atoms with van der Waals surface area (Å²) in [7, 11) is 0. The van der Waals surface area contributed by atoms with Crippen molar-refractivity contribution in [1.82, 2.24) is 0 Å². The molecule has 0 saturated heterocycles. The zero-order chi connectivity index (χ0) is 14.2. The predicted molar refractivity (Wildman–Crippen MR) is 72.9 cm³/mol. The van der Waals surface area contributed by atoms with E-state index in [-0.39, 0.29) is 5.75 Å². The van der Waals surface area contributed by atoms with Crippen molar-refractivity contribution in [2.75, 3.05) is 19.8 Å². The number of phenolic OH excluding ortho intramolecular Hbond substituents is 1. The second-order valence-electron chi connectivity index (χ2n) is 5.65. The lowest BCUT2D eigenvalue weighted by molar-refractivity contribution is 0.160. The molecular weight excluding hydrogens is 261 g/mol. The van der Waals surface area contributed by atoms with Gasteiger partial charge in [-0.2, -0.15) is 0 Å². The van der Waals surface area contributed by atoms with Crippen molar-refractivity contribution in [2.24, 2.45) is 5.73 Å². The third-order valence-electron chi connectivity index (χ3n) is 4.48. The fourth-order valence-electron chi connectivity index (χ4n) is 3.41. The molecule has 1 heterocycles. The van der Waals surface area contributed by atoms with Gasteiger partial charge in [-0.05, 0) is 12.8 Å². The largest absolute Gasteiger partial charge is 0.505 e. The summed E-state index contributed by atoms with van der Waals surface area (Å²) in [6.07, 6.45) is 4.81. The number of fused-ring (bicyclic) bond motifs is 1. The summed E-state index contributed by atoms with van der Waals surface area (Å²) in [6, 6.07) is 1.29. The molecule has 0 bridgehead atoms. The molecule has 1 aliphatic carbocycles. The molecule has 4 nitrogen and oxygen atoms in total. The minimum absolute atomic E-state index is 0.350. The van der Waals surface area contributed by atoms with Gasteiger partial charge in [-0.15, -0.1) is 0 Å². The summed E-state index contributed by atoms with van der Waals surface area (Å²) in [5.74, 6) is -0.147. The number of halogens is 1. The summed E-state index contributed by atoms with van der Waals surface area (Å²) in [6.45, 7) is 1.15. The second kappa shape index (κ2) is 5.13. The predicted octanol–water partition coefficient (Wildman–Crippen LogP) is 2.46. The van der Waals surface area contributed by atoms with Gasteiger partial charge in [0.15, 0.2) is 23.1 Å². The number of hydrogen-bond acceptors (Lipinski definition) is 4. The van der Waals surface area contributed by atoms with Crippen LogP contribution in [0.5, 0.6) is 17.2 Å². The van der Waals surface area contributed by atoms with Crippen LogP contribution in [0.15, 0.2) is 6.07 Å². The second-order valence-corrected chi connectivity index (χ2v) is 5.65. The minimum Gasteiger partial charge on any atom is -0.505 e. The molecular formula is C15H20FNO3. The van der Waals surface area contributed by atoms with Crippen LogP contribution in [-0.4, -0.2) is 24.9 Å². The summed E-state index contributed by atoms with van der Waals surface area (Å²) < 4.78 is 25.7. The molecule has 110 valence electrons. The Kier molecular flexibility index (Phi) is 3.46. The molecule has 0 radical (unpaired) electrons. The Morgan fingerprint density at radius 2 is 1.90 bits per heavy atom. The van der Waals surface area contributed by atoms with Crippen LogP contribution in [0.4, 0.5) is 4.39 Å². The van der Waals surface area contributed by atoms with Gasteiger partial charge in [0.1, 0.15) is 13.2 Å². The average molecular weight is 281 g/mol. The molecule has 1 aromatic carbocycles. The zero-order valence-corrected chi connectivity index (χ0v) is 11.5. The van der Waals surface area contributed by atoms with E-state index in [2.05, 4.69) is 0 Å². The Labute approximate surface area is 117 Å². The van der Waals surface area contributed by atoms with Crippen LogP contribution in [0, 0.1) is 5.82 Å². The van der Waals surface area contributed by atoms with Crippen LogP contribution in [0.1, 0.15) is 37.7 Å². The van der Waals surface area contributed by atoms with Crippen LogP contribution < -0.4 is 15.2 Å². The fourth-order valence-corrected chi connectivity index (χ4v) is 3.41. The first-order valence-electron chi connectivity index (χ1n) is 7.19. The molecule has 0 atom stereocenters. The number of phenols is 1. The molecule has 2 aliphatic rings. The van der Waals surface area contributed by atoms with Crippen molar-refractivity contribution in [2.45, 2.75) is 37.5 Å². The Morgan fingerprint density at radius 1 is 1.20 bits per heavy atom. The van der Waals surface area contributed by atoms with Gasteiger partial charge in [-0.3, -0.25) is 0 Å². The monoisotopic (exact) mass is 281 g/mol. The Bertz CT molecular complexity index is 512. The van der Waals surface area contributed by atoms with Crippen LogP contribution in [0.25, 0.3) is 0 Å².